The first-order chi connectivity index (χ1) is 15.3. The lowest BCUT2D eigenvalue weighted by Gasteiger charge is -2.14. The Hall–Kier alpha value is -3.73. The number of ether oxygens (including phenoxy) is 1. The second-order valence-corrected chi connectivity index (χ2v) is 7.17. The zero-order valence-electron chi connectivity index (χ0n) is 16.7. The van der Waals surface area contributed by atoms with Gasteiger partial charge in [-0.05, 0) is 43.3 Å². The molecule has 0 saturated carbocycles. The maximum absolute atomic E-state index is 12.6. The van der Waals surface area contributed by atoms with Gasteiger partial charge < -0.3 is 21.1 Å². The molecule has 8 nitrogen and oxygen atoms in total. The summed E-state index contributed by atoms with van der Waals surface area (Å²) in [5.41, 5.74) is 5.25. The predicted molar refractivity (Wildman–Crippen MR) is 110 cm³/mol. The first-order valence-electron chi connectivity index (χ1n) is 9.75. The van der Waals surface area contributed by atoms with Gasteiger partial charge in [0.1, 0.15) is 17.3 Å². The fraction of sp³-hybridized carbons (Fsp3) is 0.238. The highest BCUT2D eigenvalue weighted by atomic mass is 19.4. The molecule has 0 radical (unpaired) electrons. The Bertz CT molecular complexity index is 1100. The van der Waals surface area contributed by atoms with Crippen molar-refractivity contribution >= 4 is 11.7 Å². The summed E-state index contributed by atoms with van der Waals surface area (Å²) in [6, 6.07) is 10.3. The normalized spacial score (nSPS) is 16.0. The minimum Gasteiger partial charge on any atom is -0.439 e. The summed E-state index contributed by atoms with van der Waals surface area (Å²) in [4.78, 5) is 24.1. The van der Waals surface area contributed by atoms with Crippen molar-refractivity contribution in [3.8, 4) is 23.0 Å². The molecule has 0 unspecified atom stereocenters. The molecule has 0 spiro atoms. The number of carbonyl (C=O) groups is 1. The summed E-state index contributed by atoms with van der Waals surface area (Å²) in [6.45, 7) is 1.68. The van der Waals surface area contributed by atoms with Crippen LogP contribution in [0.3, 0.4) is 0 Å². The van der Waals surface area contributed by atoms with E-state index in [0.29, 0.717) is 29.2 Å². The van der Waals surface area contributed by atoms with Crippen LogP contribution >= 0.6 is 0 Å². The van der Waals surface area contributed by atoms with Crippen molar-refractivity contribution in [1.29, 1.82) is 0 Å². The van der Waals surface area contributed by atoms with Gasteiger partial charge in [-0.25, -0.2) is 15.0 Å². The number of hydrogen-bond acceptors (Lipinski definition) is 7. The van der Waals surface area contributed by atoms with Crippen molar-refractivity contribution in [2.45, 2.75) is 18.6 Å². The Morgan fingerprint density at radius 2 is 1.94 bits per heavy atom. The van der Waals surface area contributed by atoms with E-state index in [0.717, 1.165) is 31.6 Å². The molecule has 1 saturated heterocycles. The number of hydrogen-bond donors (Lipinski definition) is 3. The van der Waals surface area contributed by atoms with E-state index in [2.05, 4.69) is 25.6 Å². The van der Waals surface area contributed by atoms with Crippen molar-refractivity contribution in [3.05, 3.63) is 59.9 Å². The molecule has 1 aliphatic heterocycles. The van der Waals surface area contributed by atoms with Gasteiger partial charge in [0, 0.05) is 36.5 Å². The number of rotatable bonds is 6. The van der Waals surface area contributed by atoms with Crippen LogP contribution in [0.15, 0.2) is 48.7 Å². The molecule has 11 heteroatoms. The Labute approximate surface area is 181 Å². The first-order valence-corrected chi connectivity index (χ1v) is 9.75. The lowest BCUT2D eigenvalue weighted by atomic mass is 10.2. The number of halogens is 3. The highest BCUT2D eigenvalue weighted by Gasteiger charge is 2.30. The van der Waals surface area contributed by atoms with E-state index in [1.807, 2.05) is 0 Å². The van der Waals surface area contributed by atoms with Crippen molar-refractivity contribution in [2.24, 2.45) is 5.73 Å². The van der Waals surface area contributed by atoms with Crippen molar-refractivity contribution in [3.63, 3.8) is 0 Å². The third-order valence-corrected chi connectivity index (χ3v) is 4.79. The van der Waals surface area contributed by atoms with Crippen LogP contribution in [0.2, 0.25) is 0 Å². The molecule has 32 heavy (non-hydrogen) atoms. The minimum absolute atomic E-state index is 0.0226. The standard InChI is InChI=1S/C21H19F3N6O2/c22-21(23,24)13-3-6-18(27-10-13)32-15-4-1-12(2-5-15)20-29-16(19(25)31)9-17(30-20)28-14-7-8-26-11-14/h1-6,9-10,14,26H,7-8,11H2,(H2,25,31)(H,28,29,30)/t14-/m0/s1. The molecular weight excluding hydrogens is 425 g/mol. The van der Waals surface area contributed by atoms with Crippen molar-refractivity contribution in [2.75, 3.05) is 18.4 Å². The van der Waals surface area contributed by atoms with Gasteiger partial charge in [0.05, 0.1) is 5.56 Å². The lowest BCUT2D eigenvalue weighted by molar-refractivity contribution is -0.137. The molecule has 1 amide bonds. The summed E-state index contributed by atoms with van der Waals surface area (Å²) in [5.74, 6) is 0.507. The number of pyridine rings is 1. The largest absolute Gasteiger partial charge is 0.439 e. The van der Waals surface area contributed by atoms with Crippen LogP contribution in [0, 0.1) is 0 Å². The van der Waals surface area contributed by atoms with Gasteiger partial charge in [-0.3, -0.25) is 4.79 Å². The highest BCUT2D eigenvalue weighted by Crippen LogP contribution is 2.30. The fourth-order valence-electron chi connectivity index (χ4n) is 3.16. The minimum atomic E-state index is -4.46. The van der Waals surface area contributed by atoms with Gasteiger partial charge in [0.2, 0.25) is 5.88 Å². The van der Waals surface area contributed by atoms with Crippen LogP contribution in [0.5, 0.6) is 11.6 Å². The monoisotopic (exact) mass is 444 g/mol. The maximum Gasteiger partial charge on any atom is 0.417 e. The third kappa shape index (κ3) is 5.11. The average Bonchev–Trinajstić information content (AvgIpc) is 3.27. The molecule has 2 aromatic heterocycles. The molecular formula is C21H19F3N6O2. The number of nitrogens with one attached hydrogen (secondary N) is 2. The maximum atomic E-state index is 12.6. The molecule has 1 atom stereocenters. The number of amides is 1. The summed E-state index contributed by atoms with van der Waals surface area (Å²) >= 11 is 0. The van der Waals surface area contributed by atoms with Gasteiger partial charge in [-0.15, -0.1) is 0 Å². The van der Waals surface area contributed by atoms with Gasteiger partial charge in [0.15, 0.2) is 5.82 Å². The number of benzene rings is 1. The number of alkyl halides is 3. The third-order valence-electron chi connectivity index (χ3n) is 4.79. The van der Waals surface area contributed by atoms with Crippen molar-refractivity contribution in [1.82, 2.24) is 20.3 Å². The molecule has 1 fully saturated rings. The zero-order valence-corrected chi connectivity index (χ0v) is 16.7. The smallest absolute Gasteiger partial charge is 0.417 e. The Morgan fingerprint density at radius 3 is 2.53 bits per heavy atom. The number of primary amides is 1. The topological polar surface area (TPSA) is 115 Å². The van der Waals surface area contributed by atoms with E-state index < -0.39 is 17.6 Å². The van der Waals surface area contributed by atoms with Crippen LogP contribution in [0.1, 0.15) is 22.5 Å². The highest BCUT2D eigenvalue weighted by molar-refractivity contribution is 5.92. The Morgan fingerprint density at radius 1 is 1.16 bits per heavy atom. The lowest BCUT2D eigenvalue weighted by Crippen LogP contribution is -2.23. The number of anilines is 1. The molecule has 1 aliphatic rings. The molecule has 3 aromatic rings. The van der Waals surface area contributed by atoms with E-state index in [1.165, 1.54) is 6.07 Å². The zero-order chi connectivity index (χ0) is 22.7. The Balaban J connectivity index is 1.52. The van der Waals surface area contributed by atoms with Crippen LogP contribution < -0.4 is 21.1 Å². The van der Waals surface area contributed by atoms with Crippen LogP contribution in [0.4, 0.5) is 19.0 Å². The van der Waals surface area contributed by atoms with Gasteiger partial charge in [-0.1, -0.05) is 0 Å². The molecule has 1 aromatic carbocycles. The SMILES string of the molecule is NC(=O)c1cc(N[C@H]2CCNC2)nc(-c2ccc(Oc3ccc(C(F)(F)F)cn3)cc2)n1. The quantitative estimate of drug-likeness (QED) is 0.535. The van der Waals surface area contributed by atoms with E-state index >= 15 is 0 Å². The molecule has 4 N–H and O–H groups in total. The Kier molecular flexibility index (Phi) is 5.91. The number of nitrogens with two attached hydrogens (primary N) is 1. The predicted octanol–water partition coefficient (Wildman–Crippen LogP) is 3.22. The van der Waals surface area contributed by atoms with Crippen LogP contribution in [0.25, 0.3) is 11.4 Å². The average molecular weight is 444 g/mol. The van der Waals surface area contributed by atoms with Crippen LogP contribution in [-0.2, 0) is 6.18 Å². The molecule has 0 aliphatic carbocycles. The van der Waals surface area contributed by atoms with E-state index in [-0.39, 0.29) is 17.6 Å². The first kappa shape index (κ1) is 21.5. The van der Waals surface area contributed by atoms with E-state index in [4.69, 9.17) is 10.5 Å². The van der Waals surface area contributed by atoms with Crippen molar-refractivity contribution < 1.29 is 22.7 Å². The molecule has 3 heterocycles. The second kappa shape index (κ2) is 8.79. The summed E-state index contributed by atoms with van der Waals surface area (Å²) in [5, 5.41) is 6.51. The molecule has 4 rings (SSSR count). The molecule has 0 bridgehead atoms. The number of carbonyl (C=O) groups excluding carboxylic acids is 1. The second-order valence-electron chi connectivity index (χ2n) is 7.17. The van der Waals surface area contributed by atoms with Gasteiger partial charge in [-0.2, -0.15) is 13.2 Å². The van der Waals surface area contributed by atoms with Gasteiger partial charge in [0.25, 0.3) is 5.91 Å². The molecule has 166 valence electrons. The number of nitrogens with zero attached hydrogens (tertiary/aromatic N) is 3. The van der Waals surface area contributed by atoms with E-state index in [1.54, 1.807) is 24.3 Å². The fourth-order valence-corrected chi connectivity index (χ4v) is 3.16. The summed E-state index contributed by atoms with van der Waals surface area (Å²) in [6.07, 6.45) is -2.83. The number of aromatic nitrogens is 3. The van der Waals surface area contributed by atoms with Crippen LogP contribution in [-0.4, -0.2) is 40.0 Å². The summed E-state index contributed by atoms with van der Waals surface area (Å²) in [7, 11) is 0. The van der Waals surface area contributed by atoms with E-state index in [9.17, 15) is 18.0 Å². The van der Waals surface area contributed by atoms with Gasteiger partial charge >= 0.3 is 6.18 Å². The summed E-state index contributed by atoms with van der Waals surface area (Å²) < 4.78 is 43.4.